The lowest BCUT2D eigenvalue weighted by molar-refractivity contribution is 0.101. The highest BCUT2D eigenvalue weighted by Crippen LogP contribution is 2.31. The van der Waals surface area contributed by atoms with Gasteiger partial charge >= 0.3 is 0 Å². The van der Waals surface area contributed by atoms with Gasteiger partial charge in [-0.15, -0.1) is 0 Å². The lowest BCUT2D eigenvalue weighted by Gasteiger charge is -2.07. The highest BCUT2D eigenvalue weighted by atomic mass is 16.5. The van der Waals surface area contributed by atoms with Gasteiger partial charge < -0.3 is 9.84 Å². The molecule has 0 unspecified atom stereocenters. The fourth-order valence-electron chi connectivity index (χ4n) is 1.79. The number of carbonyl (C=O) groups is 1. The van der Waals surface area contributed by atoms with Crippen molar-refractivity contribution in [3.05, 3.63) is 48.0 Å². The van der Waals surface area contributed by atoms with E-state index in [1.807, 2.05) is 24.3 Å². The van der Waals surface area contributed by atoms with Gasteiger partial charge in [-0.2, -0.15) is 0 Å². The molecule has 0 bridgehead atoms. The van der Waals surface area contributed by atoms with Gasteiger partial charge in [0.25, 0.3) is 0 Å². The lowest BCUT2D eigenvalue weighted by atomic mass is 10.0. The lowest BCUT2D eigenvalue weighted by Crippen LogP contribution is -1.92. The Morgan fingerprint density at radius 1 is 1.11 bits per heavy atom. The molecule has 3 nitrogen and oxygen atoms in total. The molecule has 0 aliphatic rings. The van der Waals surface area contributed by atoms with Crippen LogP contribution in [0.2, 0.25) is 0 Å². The van der Waals surface area contributed by atoms with Gasteiger partial charge in [-0.3, -0.25) is 4.79 Å². The van der Waals surface area contributed by atoms with E-state index in [0.717, 1.165) is 11.1 Å². The van der Waals surface area contributed by atoms with Crippen molar-refractivity contribution in [3.63, 3.8) is 0 Å². The Hall–Kier alpha value is -2.29. The summed E-state index contributed by atoms with van der Waals surface area (Å²) in [5.41, 5.74) is 2.39. The number of ether oxygens (including phenoxy) is 1. The summed E-state index contributed by atoms with van der Waals surface area (Å²) in [5.74, 6) is 0.541. The standard InChI is InChI=1S/C15H14O3/c1-10(16)11-4-3-5-12(8-11)13-6-7-15(18-2)14(17)9-13/h3-9,17H,1-2H3. The second-order valence-electron chi connectivity index (χ2n) is 4.02. The molecule has 1 N–H and O–H groups in total. The Morgan fingerprint density at radius 2 is 1.83 bits per heavy atom. The van der Waals surface area contributed by atoms with Crippen LogP contribution in [0.5, 0.6) is 11.5 Å². The van der Waals surface area contributed by atoms with Crippen LogP contribution in [0.1, 0.15) is 17.3 Å². The second kappa shape index (κ2) is 4.92. The quantitative estimate of drug-likeness (QED) is 0.840. The van der Waals surface area contributed by atoms with Crippen LogP contribution in [0.15, 0.2) is 42.5 Å². The number of carbonyl (C=O) groups excluding carboxylic acids is 1. The molecule has 0 saturated heterocycles. The second-order valence-corrected chi connectivity index (χ2v) is 4.02. The Labute approximate surface area is 106 Å². The van der Waals surface area contributed by atoms with E-state index >= 15 is 0 Å². The van der Waals surface area contributed by atoms with E-state index in [2.05, 4.69) is 0 Å². The summed E-state index contributed by atoms with van der Waals surface area (Å²) in [6.45, 7) is 1.53. The van der Waals surface area contributed by atoms with Gasteiger partial charge in [0.2, 0.25) is 0 Å². The first-order valence-electron chi connectivity index (χ1n) is 5.60. The third-order valence-electron chi connectivity index (χ3n) is 2.78. The van der Waals surface area contributed by atoms with Gasteiger partial charge in [-0.1, -0.05) is 24.3 Å². The molecule has 2 aromatic carbocycles. The zero-order chi connectivity index (χ0) is 13.1. The molecule has 0 spiro atoms. The molecule has 0 aliphatic carbocycles. The Kier molecular flexibility index (Phi) is 3.33. The summed E-state index contributed by atoms with van der Waals surface area (Å²) in [4.78, 5) is 11.3. The maximum absolute atomic E-state index is 11.3. The third kappa shape index (κ3) is 2.35. The molecule has 2 rings (SSSR count). The minimum Gasteiger partial charge on any atom is -0.504 e. The zero-order valence-corrected chi connectivity index (χ0v) is 10.3. The molecule has 92 valence electrons. The highest BCUT2D eigenvalue weighted by Gasteiger charge is 2.06. The fraction of sp³-hybridized carbons (Fsp3) is 0.133. The maximum atomic E-state index is 11.3. The van der Waals surface area contributed by atoms with Crippen LogP contribution in [0.3, 0.4) is 0 Å². The van der Waals surface area contributed by atoms with E-state index in [9.17, 15) is 9.90 Å². The molecule has 0 radical (unpaired) electrons. The molecule has 3 heteroatoms. The number of ketones is 1. The van der Waals surface area contributed by atoms with E-state index in [-0.39, 0.29) is 11.5 Å². The number of hydrogen-bond donors (Lipinski definition) is 1. The average molecular weight is 242 g/mol. The summed E-state index contributed by atoms with van der Waals surface area (Å²) in [7, 11) is 1.51. The molecular formula is C15H14O3. The molecular weight excluding hydrogens is 228 g/mol. The van der Waals surface area contributed by atoms with E-state index in [0.29, 0.717) is 11.3 Å². The van der Waals surface area contributed by atoms with E-state index < -0.39 is 0 Å². The van der Waals surface area contributed by atoms with Crippen LogP contribution in [0, 0.1) is 0 Å². The number of methoxy groups -OCH3 is 1. The molecule has 0 heterocycles. The summed E-state index contributed by atoms with van der Waals surface area (Å²) in [6.07, 6.45) is 0. The van der Waals surface area contributed by atoms with Crippen molar-refractivity contribution in [2.75, 3.05) is 7.11 Å². The van der Waals surface area contributed by atoms with Crippen molar-refractivity contribution in [1.82, 2.24) is 0 Å². The minimum atomic E-state index is 0.0228. The SMILES string of the molecule is COc1ccc(-c2cccc(C(C)=O)c2)cc1O. The van der Waals surface area contributed by atoms with Crippen molar-refractivity contribution < 1.29 is 14.6 Å². The molecule has 18 heavy (non-hydrogen) atoms. The van der Waals surface area contributed by atoms with Gasteiger partial charge in [0.15, 0.2) is 17.3 Å². The predicted octanol–water partition coefficient (Wildman–Crippen LogP) is 3.27. The molecule has 0 aliphatic heterocycles. The minimum absolute atomic E-state index is 0.0228. The molecule has 0 saturated carbocycles. The van der Waals surface area contributed by atoms with Gasteiger partial charge in [0, 0.05) is 5.56 Å². The number of Topliss-reactive ketones (excluding diaryl/α,β-unsaturated/α-hetero) is 1. The first kappa shape index (κ1) is 12.2. The predicted molar refractivity (Wildman–Crippen MR) is 70.1 cm³/mol. The number of aromatic hydroxyl groups is 1. The first-order chi connectivity index (χ1) is 8.61. The van der Waals surface area contributed by atoms with Gasteiger partial charge in [0.1, 0.15) is 0 Å². The zero-order valence-electron chi connectivity index (χ0n) is 10.3. The van der Waals surface area contributed by atoms with E-state index in [4.69, 9.17) is 4.74 Å². The van der Waals surface area contributed by atoms with Crippen LogP contribution in [0.25, 0.3) is 11.1 Å². The number of rotatable bonds is 3. The maximum Gasteiger partial charge on any atom is 0.160 e. The van der Waals surface area contributed by atoms with Crippen LogP contribution < -0.4 is 4.74 Å². The smallest absolute Gasteiger partial charge is 0.160 e. The van der Waals surface area contributed by atoms with Crippen LogP contribution in [-0.4, -0.2) is 18.0 Å². The van der Waals surface area contributed by atoms with Crippen molar-refractivity contribution >= 4 is 5.78 Å². The van der Waals surface area contributed by atoms with Crippen molar-refractivity contribution in [3.8, 4) is 22.6 Å². The van der Waals surface area contributed by atoms with Crippen molar-refractivity contribution in [2.45, 2.75) is 6.92 Å². The summed E-state index contributed by atoms with van der Waals surface area (Å²) in [5, 5.41) is 9.74. The van der Waals surface area contributed by atoms with Crippen LogP contribution in [0.4, 0.5) is 0 Å². The van der Waals surface area contributed by atoms with E-state index in [1.165, 1.54) is 14.0 Å². The first-order valence-corrected chi connectivity index (χ1v) is 5.60. The summed E-state index contributed by atoms with van der Waals surface area (Å²) in [6, 6.07) is 12.5. The molecule has 0 atom stereocenters. The Balaban J connectivity index is 2.45. The van der Waals surface area contributed by atoms with Crippen LogP contribution in [-0.2, 0) is 0 Å². The van der Waals surface area contributed by atoms with Crippen molar-refractivity contribution in [1.29, 1.82) is 0 Å². The Morgan fingerprint density at radius 3 is 2.44 bits per heavy atom. The third-order valence-corrected chi connectivity index (χ3v) is 2.78. The number of phenolic OH excluding ortho intramolecular Hbond substituents is 1. The van der Waals surface area contributed by atoms with Gasteiger partial charge in [-0.05, 0) is 36.2 Å². The summed E-state index contributed by atoms with van der Waals surface area (Å²) >= 11 is 0. The fourth-order valence-corrected chi connectivity index (χ4v) is 1.79. The van der Waals surface area contributed by atoms with E-state index in [1.54, 1.807) is 18.2 Å². The van der Waals surface area contributed by atoms with Crippen molar-refractivity contribution in [2.24, 2.45) is 0 Å². The molecule has 0 aromatic heterocycles. The monoisotopic (exact) mass is 242 g/mol. The summed E-state index contributed by atoms with van der Waals surface area (Å²) < 4.78 is 4.99. The number of phenols is 1. The highest BCUT2D eigenvalue weighted by molar-refractivity contribution is 5.95. The van der Waals surface area contributed by atoms with Gasteiger partial charge in [-0.25, -0.2) is 0 Å². The largest absolute Gasteiger partial charge is 0.504 e. The van der Waals surface area contributed by atoms with Gasteiger partial charge in [0.05, 0.1) is 7.11 Å². The van der Waals surface area contributed by atoms with Crippen LogP contribution >= 0.6 is 0 Å². The number of benzene rings is 2. The molecule has 0 amide bonds. The Bertz CT molecular complexity index is 588. The number of hydrogen-bond acceptors (Lipinski definition) is 3. The molecule has 0 fully saturated rings. The normalized spacial score (nSPS) is 10.1. The topological polar surface area (TPSA) is 46.5 Å². The average Bonchev–Trinajstić information content (AvgIpc) is 2.38. The molecule has 2 aromatic rings.